The molecule has 0 aliphatic carbocycles. The molecule has 50 heavy (non-hydrogen) atoms. The second-order valence-corrected chi connectivity index (χ2v) is 13.1. The lowest BCUT2D eigenvalue weighted by Crippen LogP contribution is -2.31. The minimum absolute atomic E-state index is 0.0274. The van der Waals surface area contributed by atoms with Gasteiger partial charge in [0.25, 0.3) is 5.22 Å². The van der Waals surface area contributed by atoms with E-state index in [1.165, 1.54) is 11.8 Å². The number of benzene rings is 4. The molecule has 0 saturated carbocycles. The van der Waals surface area contributed by atoms with Crippen molar-refractivity contribution in [1.82, 2.24) is 10.3 Å². The third-order valence-electron chi connectivity index (χ3n) is 8.48. The number of nitrogens with zero attached hydrogens (tertiary/aromatic N) is 1. The smallest absolute Gasteiger partial charge is 0.303 e. The number of carbonyl (C=O) groups is 2. The van der Waals surface area contributed by atoms with Crippen molar-refractivity contribution in [3.8, 4) is 22.6 Å². The summed E-state index contributed by atoms with van der Waals surface area (Å²) in [5.74, 6) is 0.356. The molecule has 0 bridgehead atoms. The highest BCUT2D eigenvalue weighted by Crippen LogP contribution is 2.41. The first kappa shape index (κ1) is 35.1. The lowest BCUT2D eigenvalue weighted by molar-refractivity contribution is -0.245. The third-order valence-corrected chi connectivity index (χ3v) is 9.44. The molecule has 3 unspecified atom stereocenters. The highest BCUT2D eigenvalue weighted by Gasteiger charge is 2.33. The molecular formula is C40H40N2O7S. The Morgan fingerprint density at radius 3 is 2.10 bits per heavy atom. The molecule has 3 N–H and O–H groups in total. The lowest BCUT2D eigenvalue weighted by Gasteiger charge is -2.36. The normalized spacial score (nSPS) is 17.3. The Labute approximate surface area is 295 Å². The van der Waals surface area contributed by atoms with Crippen LogP contribution in [0.1, 0.15) is 66.8 Å². The van der Waals surface area contributed by atoms with E-state index in [1.807, 2.05) is 109 Å². The van der Waals surface area contributed by atoms with Crippen molar-refractivity contribution >= 4 is 23.6 Å². The van der Waals surface area contributed by atoms with Crippen LogP contribution in [0.25, 0.3) is 22.6 Å². The van der Waals surface area contributed by atoms with Crippen molar-refractivity contribution in [3.05, 3.63) is 131 Å². The fourth-order valence-corrected chi connectivity index (χ4v) is 6.61. The van der Waals surface area contributed by atoms with Crippen molar-refractivity contribution < 1.29 is 33.7 Å². The van der Waals surface area contributed by atoms with Gasteiger partial charge >= 0.3 is 5.97 Å². The number of aliphatic hydroxyl groups excluding tert-OH is 1. The van der Waals surface area contributed by atoms with Gasteiger partial charge in [0, 0.05) is 48.3 Å². The molecule has 1 aromatic heterocycles. The number of hydrogen-bond donors (Lipinski definition) is 3. The molecule has 0 spiro atoms. The van der Waals surface area contributed by atoms with E-state index >= 15 is 0 Å². The fourth-order valence-electron chi connectivity index (χ4n) is 5.77. The molecule has 0 radical (unpaired) electrons. The van der Waals surface area contributed by atoms with Crippen LogP contribution in [0.4, 0.5) is 0 Å². The van der Waals surface area contributed by atoms with Gasteiger partial charge in [0.1, 0.15) is 5.69 Å². The van der Waals surface area contributed by atoms with Crippen molar-refractivity contribution in [3.63, 3.8) is 0 Å². The number of nitrogens with one attached hydrogen (secondary N) is 1. The summed E-state index contributed by atoms with van der Waals surface area (Å²) in [6.45, 7) is 0.343. The Morgan fingerprint density at radius 1 is 0.780 bits per heavy atom. The van der Waals surface area contributed by atoms with Gasteiger partial charge in [-0.15, -0.1) is 0 Å². The highest BCUT2D eigenvalue weighted by molar-refractivity contribution is 7.99. The third kappa shape index (κ3) is 9.48. The zero-order valence-electron chi connectivity index (χ0n) is 27.6. The van der Waals surface area contributed by atoms with Gasteiger partial charge in [-0.1, -0.05) is 121 Å². The number of rotatable bonds is 15. The van der Waals surface area contributed by atoms with E-state index in [-0.39, 0.29) is 31.1 Å². The van der Waals surface area contributed by atoms with Gasteiger partial charge in [-0.2, -0.15) is 0 Å². The summed E-state index contributed by atoms with van der Waals surface area (Å²) in [5, 5.41) is 21.8. The summed E-state index contributed by atoms with van der Waals surface area (Å²) >= 11 is 1.51. The largest absolute Gasteiger partial charge is 0.481 e. The summed E-state index contributed by atoms with van der Waals surface area (Å²) in [6, 6.07) is 35.6. The van der Waals surface area contributed by atoms with E-state index in [9.17, 15) is 14.7 Å². The molecule has 2 heterocycles. The first-order chi connectivity index (χ1) is 24.4. The summed E-state index contributed by atoms with van der Waals surface area (Å²) in [5.41, 5.74) is 6.35. The average molecular weight is 693 g/mol. The number of aromatic nitrogens is 1. The Bertz CT molecular complexity index is 1770. The monoisotopic (exact) mass is 692 g/mol. The lowest BCUT2D eigenvalue weighted by atomic mass is 10.0. The van der Waals surface area contributed by atoms with E-state index in [0.717, 1.165) is 44.8 Å². The van der Waals surface area contributed by atoms with Crippen LogP contribution < -0.4 is 5.32 Å². The summed E-state index contributed by atoms with van der Waals surface area (Å²) in [7, 11) is 0. The van der Waals surface area contributed by atoms with E-state index in [4.69, 9.17) is 24.0 Å². The zero-order chi connectivity index (χ0) is 34.7. The van der Waals surface area contributed by atoms with Crippen molar-refractivity contribution in [1.29, 1.82) is 0 Å². The van der Waals surface area contributed by atoms with Gasteiger partial charge in [0.2, 0.25) is 5.91 Å². The Hall–Kier alpha value is -4.74. The van der Waals surface area contributed by atoms with Gasteiger partial charge in [0.15, 0.2) is 12.1 Å². The van der Waals surface area contributed by atoms with E-state index in [2.05, 4.69) is 5.32 Å². The predicted octanol–water partition coefficient (Wildman–Crippen LogP) is 8.10. The Balaban J connectivity index is 1.15. The van der Waals surface area contributed by atoms with Crippen LogP contribution in [-0.4, -0.2) is 38.9 Å². The molecular weight excluding hydrogens is 653 g/mol. The predicted molar refractivity (Wildman–Crippen MR) is 191 cm³/mol. The van der Waals surface area contributed by atoms with Gasteiger partial charge in [-0.05, 0) is 29.5 Å². The molecule has 6 rings (SSSR count). The van der Waals surface area contributed by atoms with Crippen molar-refractivity contribution in [2.45, 2.75) is 69.0 Å². The maximum absolute atomic E-state index is 12.2. The first-order valence-corrected chi connectivity index (χ1v) is 17.8. The van der Waals surface area contributed by atoms with Gasteiger partial charge in [-0.3, -0.25) is 9.59 Å². The quantitative estimate of drug-likeness (QED) is 0.0736. The summed E-state index contributed by atoms with van der Waals surface area (Å²) in [4.78, 5) is 27.8. The summed E-state index contributed by atoms with van der Waals surface area (Å²) in [6.07, 6.45) is 0.949. The second-order valence-electron chi connectivity index (χ2n) is 12.2. The first-order valence-electron chi connectivity index (χ1n) is 16.8. The molecule has 1 aliphatic rings. The van der Waals surface area contributed by atoms with Crippen LogP contribution in [0.2, 0.25) is 0 Å². The second kappa shape index (κ2) is 17.3. The highest BCUT2D eigenvalue weighted by atomic mass is 32.2. The Morgan fingerprint density at radius 2 is 1.42 bits per heavy atom. The van der Waals surface area contributed by atoms with Crippen LogP contribution in [0, 0.1) is 0 Å². The van der Waals surface area contributed by atoms with Crippen molar-refractivity contribution in [2.75, 3.05) is 5.75 Å². The number of thioether (sulfide) groups is 1. The molecule has 9 nitrogen and oxygen atoms in total. The average Bonchev–Trinajstić information content (AvgIpc) is 3.60. The molecule has 1 aliphatic heterocycles. The van der Waals surface area contributed by atoms with Crippen molar-refractivity contribution in [2.24, 2.45) is 0 Å². The fraction of sp³-hybridized carbons (Fsp3) is 0.275. The van der Waals surface area contributed by atoms with Crippen LogP contribution in [0.3, 0.4) is 0 Å². The number of carboxylic acids is 1. The van der Waals surface area contributed by atoms with Gasteiger partial charge in [-0.25, -0.2) is 4.98 Å². The number of hydrogen-bond acceptors (Lipinski definition) is 8. The van der Waals surface area contributed by atoms with E-state index in [0.29, 0.717) is 43.2 Å². The molecule has 5 aromatic rings. The number of unbranched alkanes of at least 4 members (excludes halogenated alkanes) is 1. The molecule has 1 fully saturated rings. The van der Waals surface area contributed by atoms with Crippen LogP contribution in [-0.2, 0) is 32.2 Å². The number of carboxylic acid groups (broad SMARTS) is 1. The minimum atomic E-state index is -0.850. The van der Waals surface area contributed by atoms with Crippen LogP contribution >= 0.6 is 11.8 Å². The van der Waals surface area contributed by atoms with E-state index < -0.39 is 12.3 Å². The van der Waals surface area contributed by atoms with Gasteiger partial charge in [0.05, 0.1) is 18.8 Å². The maximum Gasteiger partial charge on any atom is 0.303 e. The minimum Gasteiger partial charge on any atom is -0.481 e. The number of amides is 1. The summed E-state index contributed by atoms with van der Waals surface area (Å²) < 4.78 is 19.4. The number of aliphatic carboxylic acids is 1. The SMILES string of the molecule is O=C(O)CCCCC(=O)NCc1ccc(C2OC(CSc3nc(-c4ccccc4)c(-c4ccccc4)o3)CC(c3ccc(CO)cc3)O2)cc1. The molecule has 258 valence electrons. The zero-order valence-corrected chi connectivity index (χ0v) is 28.4. The van der Waals surface area contributed by atoms with E-state index in [1.54, 1.807) is 0 Å². The number of ether oxygens (including phenoxy) is 2. The molecule has 3 atom stereocenters. The number of oxazole rings is 1. The van der Waals surface area contributed by atoms with Crippen LogP contribution in [0.5, 0.6) is 0 Å². The topological polar surface area (TPSA) is 131 Å². The number of carbonyl (C=O) groups excluding carboxylic acids is 1. The maximum atomic E-state index is 12.2. The molecule has 4 aromatic carbocycles. The molecule has 1 saturated heterocycles. The number of aliphatic hydroxyl groups is 1. The molecule has 1 amide bonds. The Kier molecular flexibility index (Phi) is 12.1. The van der Waals surface area contributed by atoms with Gasteiger partial charge < -0.3 is 29.4 Å². The molecule has 10 heteroatoms. The standard InChI is InChI=1S/C40H40N2O7S/c43-25-28-17-19-29(20-18-28)34-23-33(26-50-40-42-37(30-9-3-1-4-10-30)38(49-40)31-11-5-2-6-12-31)47-39(48-34)32-21-15-27(16-22-32)24-41-35(44)13-7-8-14-36(45)46/h1-6,9-12,15-22,33-34,39,43H,7-8,13-14,23-26H2,(H,41,44)(H,45,46). The van der Waals surface area contributed by atoms with Crippen LogP contribution in [0.15, 0.2) is 119 Å².